The summed E-state index contributed by atoms with van der Waals surface area (Å²) in [5.41, 5.74) is 3.34. The number of rotatable bonds is 3. The Hall–Kier alpha value is -1.55. The number of carbonyl (C=O) groups excluding carboxylic acids is 1. The first-order chi connectivity index (χ1) is 8.24. The minimum atomic E-state index is -0.129. The van der Waals surface area contributed by atoms with Crippen LogP contribution in [0.3, 0.4) is 0 Å². The van der Waals surface area contributed by atoms with Gasteiger partial charge in [0.2, 0.25) is 0 Å². The van der Waals surface area contributed by atoms with Gasteiger partial charge in [0.1, 0.15) is 6.73 Å². The highest BCUT2D eigenvalue weighted by Crippen LogP contribution is 2.28. The van der Waals surface area contributed by atoms with Gasteiger partial charge in [-0.05, 0) is 42.5 Å². The van der Waals surface area contributed by atoms with Gasteiger partial charge >= 0.3 is 5.97 Å². The Bertz CT molecular complexity index is 417. The number of ether oxygens (including phenoxy) is 1. The standard InChI is InChI=1S/C13H17NO3/c1-17-13(16)10-3-2-9-4-5-12(14-8-15)7-11(9)6-10/h4-5,7,10,14-15H,2-3,6,8H2,1H3. The van der Waals surface area contributed by atoms with E-state index in [4.69, 9.17) is 9.84 Å². The first-order valence-corrected chi connectivity index (χ1v) is 5.79. The summed E-state index contributed by atoms with van der Waals surface area (Å²) in [6, 6.07) is 6.01. The molecule has 0 saturated heterocycles. The molecule has 92 valence electrons. The van der Waals surface area contributed by atoms with Crippen molar-refractivity contribution in [2.45, 2.75) is 19.3 Å². The third-order valence-corrected chi connectivity index (χ3v) is 3.25. The number of anilines is 1. The molecule has 0 bridgehead atoms. The van der Waals surface area contributed by atoms with E-state index < -0.39 is 0 Å². The van der Waals surface area contributed by atoms with E-state index in [0.29, 0.717) is 0 Å². The minimum Gasteiger partial charge on any atom is -0.469 e. The summed E-state index contributed by atoms with van der Waals surface area (Å²) in [4.78, 5) is 11.5. The largest absolute Gasteiger partial charge is 0.469 e. The van der Waals surface area contributed by atoms with E-state index in [2.05, 4.69) is 11.4 Å². The van der Waals surface area contributed by atoms with Gasteiger partial charge in [0, 0.05) is 5.69 Å². The number of aliphatic hydroxyl groups is 1. The van der Waals surface area contributed by atoms with Gasteiger partial charge in [-0.25, -0.2) is 0 Å². The van der Waals surface area contributed by atoms with Crippen molar-refractivity contribution in [3.8, 4) is 0 Å². The Morgan fingerprint density at radius 2 is 2.35 bits per heavy atom. The van der Waals surface area contributed by atoms with Crippen molar-refractivity contribution in [2.24, 2.45) is 5.92 Å². The highest BCUT2D eigenvalue weighted by atomic mass is 16.5. The van der Waals surface area contributed by atoms with Crippen molar-refractivity contribution < 1.29 is 14.6 Å². The van der Waals surface area contributed by atoms with Gasteiger partial charge in [0.05, 0.1) is 13.0 Å². The van der Waals surface area contributed by atoms with Crippen LogP contribution in [0.5, 0.6) is 0 Å². The van der Waals surface area contributed by atoms with Crippen LogP contribution in [0.25, 0.3) is 0 Å². The van der Waals surface area contributed by atoms with Crippen molar-refractivity contribution in [2.75, 3.05) is 19.2 Å². The third kappa shape index (κ3) is 2.58. The van der Waals surface area contributed by atoms with E-state index in [1.165, 1.54) is 18.2 Å². The summed E-state index contributed by atoms with van der Waals surface area (Å²) in [5.74, 6) is -0.159. The molecule has 0 fully saturated rings. The molecule has 2 N–H and O–H groups in total. The highest BCUT2D eigenvalue weighted by molar-refractivity contribution is 5.73. The number of carbonyl (C=O) groups is 1. The lowest BCUT2D eigenvalue weighted by molar-refractivity contribution is -0.145. The average molecular weight is 235 g/mol. The molecule has 17 heavy (non-hydrogen) atoms. The van der Waals surface area contributed by atoms with Crippen molar-refractivity contribution in [3.05, 3.63) is 29.3 Å². The molecule has 1 aromatic carbocycles. The minimum absolute atomic E-state index is 0.0307. The summed E-state index contributed by atoms with van der Waals surface area (Å²) in [6.45, 7) is -0.0841. The molecule has 0 radical (unpaired) electrons. The Morgan fingerprint density at radius 1 is 1.53 bits per heavy atom. The van der Waals surface area contributed by atoms with Gasteiger partial charge in [-0.3, -0.25) is 4.79 Å². The summed E-state index contributed by atoms with van der Waals surface area (Å²) in [5, 5.41) is 11.7. The molecular weight excluding hydrogens is 218 g/mol. The molecule has 0 aliphatic heterocycles. The molecule has 1 aliphatic rings. The van der Waals surface area contributed by atoms with Crippen molar-refractivity contribution in [1.82, 2.24) is 0 Å². The number of aryl methyl sites for hydroxylation is 1. The van der Waals surface area contributed by atoms with E-state index >= 15 is 0 Å². The topological polar surface area (TPSA) is 58.6 Å². The molecule has 0 saturated carbocycles. The molecule has 1 atom stereocenters. The maximum Gasteiger partial charge on any atom is 0.309 e. The predicted molar refractivity (Wildman–Crippen MR) is 64.7 cm³/mol. The van der Waals surface area contributed by atoms with Crippen LogP contribution in [0.15, 0.2) is 18.2 Å². The Kier molecular flexibility index (Phi) is 3.64. The second kappa shape index (κ2) is 5.19. The molecule has 1 aromatic rings. The maximum atomic E-state index is 11.5. The van der Waals surface area contributed by atoms with Crippen LogP contribution in [-0.4, -0.2) is 24.9 Å². The molecule has 0 aromatic heterocycles. The fourth-order valence-electron chi connectivity index (χ4n) is 2.33. The van der Waals surface area contributed by atoms with Crippen molar-refractivity contribution >= 4 is 11.7 Å². The monoisotopic (exact) mass is 235 g/mol. The smallest absolute Gasteiger partial charge is 0.309 e. The molecule has 0 amide bonds. The molecule has 4 nitrogen and oxygen atoms in total. The Labute approximate surface area is 101 Å². The quantitative estimate of drug-likeness (QED) is 0.613. The van der Waals surface area contributed by atoms with E-state index in [1.54, 1.807) is 0 Å². The molecular formula is C13H17NO3. The molecule has 0 spiro atoms. The van der Waals surface area contributed by atoms with Gasteiger partial charge in [0.25, 0.3) is 0 Å². The second-order valence-corrected chi connectivity index (χ2v) is 4.28. The van der Waals surface area contributed by atoms with Crippen LogP contribution in [0.2, 0.25) is 0 Å². The van der Waals surface area contributed by atoms with Crippen LogP contribution in [0.1, 0.15) is 17.5 Å². The average Bonchev–Trinajstić information content (AvgIpc) is 2.37. The van der Waals surface area contributed by atoms with Crippen LogP contribution in [-0.2, 0) is 22.4 Å². The summed E-state index contributed by atoms with van der Waals surface area (Å²) < 4.78 is 4.79. The van der Waals surface area contributed by atoms with Gasteiger partial charge in [-0.1, -0.05) is 6.07 Å². The summed E-state index contributed by atoms with van der Waals surface area (Å²) in [6.07, 6.45) is 2.49. The molecule has 2 rings (SSSR count). The zero-order chi connectivity index (χ0) is 12.3. The normalized spacial score (nSPS) is 18.4. The number of hydrogen-bond donors (Lipinski definition) is 2. The second-order valence-electron chi connectivity index (χ2n) is 4.28. The fourth-order valence-corrected chi connectivity index (χ4v) is 2.33. The number of benzene rings is 1. The maximum absolute atomic E-state index is 11.5. The zero-order valence-electron chi connectivity index (χ0n) is 9.90. The van der Waals surface area contributed by atoms with E-state index in [0.717, 1.165) is 24.9 Å². The number of aliphatic hydroxyl groups excluding tert-OH is 1. The molecule has 0 heterocycles. The van der Waals surface area contributed by atoms with E-state index in [1.807, 2.05) is 12.1 Å². The lowest BCUT2D eigenvalue weighted by Gasteiger charge is -2.23. The van der Waals surface area contributed by atoms with Crippen molar-refractivity contribution in [1.29, 1.82) is 0 Å². The Balaban J connectivity index is 2.17. The first kappa shape index (κ1) is 11.9. The van der Waals surface area contributed by atoms with E-state index in [-0.39, 0.29) is 18.6 Å². The summed E-state index contributed by atoms with van der Waals surface area (Å²) >= 11 is 0. The molecule has 1 unspecified atom stereocenters. The van der Waals surface area contributed by atoms with Crippen LogP contribution in [0.4, 0.5) is 5.69 Å². The number of esters is 1. The van der Waals surface area contributed by atoms with Gasteiger partial charge in [-0.15, -0.1) is 0 Å². The Morgan fingerprint density at radius 3 is 3.06 bits per heavy atom. The number of methoxy groups -OCH3 is 1. The number of nitrogens with one attached hydrogen (secondary N) is 1. The van der Waals surface area contributed by atoms with Crippen LogP contribution in [0, 0.1) is 5.92 Å². The third-order valence-electron chi connectivity index (χ3n) is 3.25. The zero-order valence-corrected chi connectivity index (χ0v) is 9.90. The fraction of sp³-hybridized carbons (Fsp3) is 0.462. The van der Waals surface area contributed by atoms with Crippen LogP contribution >= 0.6 is 0 Å². The highest BCUT2D eigenvalue weighted by Gasteiger charge is 2.25. The van der Waals surface area contributed by atoms with Gasteiger partial charge < -0.3 is 15.2 Å². The van der Waals surface area contributed by atoms with E-state index in [9.17, 15) is 4.79 Å². The number of fused-ring (bicyclic) bond motifs is 1. The molecule has 1 aliphatic carbocycles. The predicted octanol–water partition coefficient (Wildman–Crippen LogP) is 1.33. The number of hydrogen-bond acceptors (Lipinski definition) is 4. The summed E-state index contributed by atoms with van der Waals surface area (Å²) in [7, 11) is 1.43. The molecule has 4 heteroatoms. The first-order valence-electron chi connectivity index (χ1n) is 5.79. The lowest BCUT2D eigenvalue weighted by Crippen LogP contribution is -2.23. The van der Waals surface area contributed by atoms with Crippen LogP contribution < -0.4 is 5.32 Å². The SMILES string of the molecule is COC(=O)C1CCc2ccc(NCO)cc2C1. The lowest BCUT2D eigenvalue weighted by atomic mass is 9.84. The van der Waals surface area contributed by atoms with Gasteiger partial charge in [-0.2, -0.15) is 0 Å². The van der Waals surface area contributed by atoms with Gasteiger partial charge in [0.15, 0.2) is 0 Å². The van der Waals surface area contributed by atoms with Crippen molar-refractivity contribution in [3.63, 3.8) is 0 Å².